The Balaban J connectivity index is 1.51. The number of methoxy groups -OCH3 is 3. The summed E-state index contributed by atoms with van der Waals surface area (Å²) in [5.41, 5.74) is 1.37. The van der Waals surface area contributed by atoms with Gasteiger partial charge in [-0.2, -0.15) is 0 Å². The molecule has 9 heteroatoms. The first-order valence-corrected chi connectivity index (χ1v) is 10.1. The monoisotopic (exact) mass is 427 g/mol. The van der Waals surface area contributed by atoms with Gasteiger partial charge in [0.25, 0.3) is 0 Å². The van der Waals surface area contributed by atoms with Crippen LogP contribution in [0, 0.1) is 5.92 Å². The van der Waals surface area contributed by atoms with Crippen LogP contribution in [-0.4, -0.2) is 44.7 Å². The van der Waals surface area contributed by atoms with Gasteiger partial charge in [0, 0.05) is 19.0 Å². The molecule has 2 aromatic carbocycles. The summed E-state index contributed by atoms with van der Waals surface area (Å²) >= 11 is 1.36. The van der Waals surface area contributed by atoms with E-state index in [0.29, 0.717) is 22.3 Å². The molecule has 0 radical (unpaired) electrons. The van der Waals surface area contributed by atoms with Crippen LogP contribution >= 0.6 is 11.3 Å². The predicted octanol–water partition coefficient (Wildman–Crippen LogP) is 3.31. The summed E-state index contributed by atoms with van der Waals surface area (Å²) in [5.74, 6) is 1.01. The number of nitrogens with zero attached hydrogens (tertiary/aromatic N) is 2. The van der Waals surface area contributed by atoms with Crippen LogP contribution in [0.2, 0.25) is 0 Å². The molecule has 156 valence electrons. The molecule has 0 bridgehead atoms. The van der Waals surface area contributed by atoms with Crippen molar-refractivity contribution in [3.05, 3.63) is 36.4 Å². The van der Waals surface area contributed by atoms with Crippen molar-refractivity contribution in [2.45, 2.75) is 6.42 Å². The molecule has 0 saturated carbocycles. The van der Waals surface area contributed by atoms with Gasteiger partial charge in [0.05, 0.1) is 43.2 Å². The number of hydrogen-bond acceptors (Lipinski definition) is 7. The summed E-state index contributed by atoms with van der Waals surface area (Å²) in [6, 6.07) is 10.8. The molecule has 30 heavy (non-hydrogen) atoms. The number of nitrogens with one attached hydrogen (secondary N) is 1. The van der Waals surface area contributed by atoms with Crippen molar-refractivity contribution >= 4 is 44.2 Å². The van der Waals surface area contributed by atoms with Crippen molar-refractivity contribution in [1.82, 2.24) is 4.98 Å². The van der Waals surface area contributed by atoms with Gasteiger partial charge in [0.15, 0.2) is 5.13 Å². The average Bonchev–Trinajstić information content (AvgIpc) is 3.35. The van der Waals surface area contributed by atoms with Crippen molar-refractivity contribution < 1.29 is 23.8 Å². The van der Waals surface area contributed by atoms with E-state index >= 15 is 0 Å². The number of carbonyl (C=O) groups is 2. The van der Waals surface area contributed by atoms with E-state index in [9.17, 15) is 9.59 Å². The second-order valence-corrected chi connectivity index (χ2v) is 7.82. The standard InChI is InChI=1S/C21H21N3O5S/c1-27-13-5-7-17(29-3)16(9-13)24-11-12(8-19(24)25)20(26)23-21-22-15-6-4-14(28-2)10-18(15)30-21/h4-7,9-10,12H,8,11H2,1-3H3,(H,22,23,26). The lowest BCUT2D eigenvalue weighted by Gasteiger charge is -2.20. The molecular formula is C21H21N3O5S. The van der Waals surface area contributed by atoms with E-state index in [2.05, 4.69) is 10.3 Å². The number of aromatic nitrogens is 1. The number of amides is 2. The molecule has 0 aliphatic carbocycles. The zero-order chi connectivity index (χ0) is 21.3. The van der Waals surface area contributed by atoms with Gasteiger partial charge in [-0.1, -0.05) is 11.3 Å². The van der Waals surface area contributed by atoms with Crippen LogP contribution in [0.3, 0.4) is 0 Å². The third kappa shape index (κ3) is 3.76. The van der Waals surface area contributed by atoms with Gasteiger partial charge in [-0.3, -0.25) is 9.59 Å². The fourth-order valence-electron chi connectivity index (χ4n) is 3.42. The maximum absolute atomic E-state index is 12.8. The Morgan fingerprint density at radius 1 is 1.10 bits per heavy atom. The maximum Gasteiger partial charge on any atom is 0.231 e. The van der Waals surface area contributed by atoms with E-state index in [1.54, 1.807) is 37.3 Å². The number of fused-ring (bicyclic) bond motifs is 1. The molecule has 1 aromatic heterocycles. The first-order valence-electron chi connectivity index (χ1n) is 9.30. The van der Waals surface area contributed by atoms with Gasteiger partial charge in [-0.25, -0.2) is 4.98 Å². The van der Waals surface area contributed by atoms with Gasteiger partial charge in [0.1, 0.15) is 17.2 Å². The lowest BCUT2D eigenvalue weighted by Crippen LogP contribution is -2.28. The van der Waals surface area contributed by atoms with Crippen LogP contribution in [0.5, 0.6) is 17.2 Å². The second-order valence-electron chi connectivity index (χ2n) is 6.79. The van der Waals surface area contributed by atoms with E-state index in [1.165, 1.54) is 18.4 Å². The molecule has 2 amide bonds. The molecule has 8 nitrogen and oxygen atoms in total. The lowest BCUT2D eigenvalue weighted by molar-refractivity contribution is -0.122. The molecule has 2 heterocycles. The quantitative estimate of drug-likeness (QED) is 0.649. The van der Waals surface area contributed by atoms with E-state index in [4.69, 9.17) is 14.2 Å². The minimum Gasteiger partial charge on any atom is -0.497 e. The molecule has 1 N–H and O–H groups in total. The minimum absolute atomic E-state index is 0.116. The van der Waals surface area contributed by atoms with Crippen LogP contribution in [0.25, 0.3) is 10.2 Å². The smallest absolute Gasteiger partial charge is 0.231 e. The molecular weight excluding hydrogens is 406 g/mol. The highest BCUT2D eigenvalue weighted by atomic mass is 32.1. The Labute approximate surface area is 177 Å². The Kier molecular flexibility index (Phi) is 5.45. The topological polar surface area (TPSA) is 90.0 Å². The Hall–Kier alpha value is -3.33. The zero-order valence-corrected chi connectivity index (χ0v) is 17.6. The summed E-state index contributed by atoms with van der Waals surface area (Å²) in [7, 11) is 4.70. The molecule has 1 aliphatic heterocycles. The molecule has 1 unspecified atom stereocenters. The van der Waals surface area contributed by atoms with Gasteiger partial charge >= 0.3 is 0 Å². The van der Waals surface area contributed by atoms with Gasteiger partial charge in [0.2, 0.25) is 11.8 Å². The third-order valence-electron chi connectivity index (χ3n) is 5.00. The maximum atomic E-state index is 12.8. The molecule has 0 spiro atoms. The summed E-state index contributed by atoms with van der Waals surface area (Å²) in [4.78, 5) is 31.5. The Morgan fingerprint density at radius 3 is 2.57 bits per heavy atom. The lowest BCUT2D eigenvalue weighted by atomic mass is 10.1. The van der Waals surface area contributed by atoms with Crippen molar-refractivity contribution in [2.75, 3.05) is 38.1 Å². The van der Waals surface area contributed by atoms with E-state index in [0.717, 1.165) is 16.0 Å². The molecule has 1 saturated heterocycles. The van der Waals surface area contributed by atoms with Crippen molar-refractivity contribution in [3.8, 4) is 17.2 Å². The number of ether oxygens (including phenoxy) is 3. The molecule has 1 atom stereocenters. The Bertz CT molecular complexity index is 1110. The predicted molar refractivity (Wildman–Crippen MR) is 115 cm³/mol. The first kappa shape index (κ1) is 20.0. The van der Waals surface area contributed by atoms with Crippen LogP contribution in [0.1, 0.15) is 6.42 Å². The molecule has 4 rings (SSSR count). The first-order chi connectivity index (χ1) is 14.5. The van der Waals surface area contributed by atoms with Crippen LogP contribution in [0.4, 0.5) is 10.8 Å². The van der Waals surface area contributed by atoms with Crippen molar-refractivity contribution in [2.24, 2.45) is 5.92 Å². The van der Waals surface area contributed by atoms with Crippen LogP contribution in [0.15, 0.2) is 36.4 Å². The summed E-state index contributed by atoms with van der Waals surface area (Å²) < 4.78 is 16.8. The number of benzene rings is 2. The number of hydrogen-bond donors (Lipinski definition) is 1. The van der Waals surface area contributed by atoms with Crippen LogP contribution in [-0.2, 0) is 9.59 Å². The molecule has 1 aliphatic rings. The van der Waals surface area contributed by atoms with Gasteiger partial charge in [-0.05, 0) is 30.3 Å². The van der Waals surface area contributed by atoms with E-state index in [-0.39, 0.29) is 24.8 Å². The molecule has 1 fully saturated rings. The van der Waals surface area contributed by atoms with Gasteiger partial charge in [-0.15, -0.1) is 0 Å². The van der Waals surface area contributed by atoms with Crippen molar-refractivity contribution in [1.29, 1.82) is 0 Å². The van der Waals surface area contributed by atoms with Crippen LogP contribution < -0.4 is 24.4 Å². The number of carbonyl (C=O) groups excluding carboxylic acids is 2. The van der Waals surface area contributed by atoms with E-state index in [1.807, 2.05) is 18.2 Å². The highest BCUT2D eigenvalue weighted by Crippen LogP contribution is 2.36. The fraction of sp³-hybridized carbons (Fsp3) is 0.286. The largest absolute Gasteiger partial charge is 0.497 e. The molecule has 3 aromatic rings. The Morgan fingerprint density at radius 2 is 1.83 bits per heavy atom. The summed E-state index contributed by atoms with van der Waals surface area (Å²) in [6.45, 7) is 0.257. The second kappa shape index (κ2) is 8.19. The number of anilines is 2. The summed E-state index contributed by atoms with van der Waals surface area (Å²) in [5, 5.41) is 3.34. The zero-order valence-electron chi connectivity index (χ0n) is 16.8. The normalized spacial score (nSPS) is 16.0. The highest BCUT2D eigenvalue weighted by Gasteiger charge is 2.36. The van der Waals surface area contributed by atoms with Gasteiger partial charge < -0.3 is 24.4 Å². The fourth-order valence-corrected chi connectivity index (χ4v) is 4.31. The number of thiazole rings is 1. The highest BCUT2D eigenvalue weighted by molar-refractivity contribution is 7.22. The number of rotatable bonds is 6. The third-order valence-corrected chi connectivity index (χ3v) is 5.93. The van der Waals surface area contributed by atoms with Crippen molar-refractivity contribution in [3.63, 3.8) is 0 Å². The average molecular weight is 427 g/mol. The minimum atomic E-state index is -0.491. The van der Waals surface area contributed by atoms with E-state index < -0.39 is 5.92 Å². The summed E-state index contributed by atoms with van der Waals surface area (Å²) in [6.07, 6.45) is 0.116. The SMILES string of the molecule is COc1ccc(OC)c(N2CC(C(=O)Nc3nc4ccc(OC)cc4s3)CC2=O)c1.